The summed E-state index contributed by atoms with van der Waals surface area (Å²) in [7, 11) is 0. The number of anilines is 3. The molecule has 1 aromatic heterocycles. The second kappa shape index (κ2) is 5.80. The van der Waals surface area contributed by atoms with E-state index in [9.17, 15) is 0 Å². The van der Waals surface area contributed by atoms with Crippen LogP contribution in [0.3, 0.4) is 0 Å². The third-order valence-corrected chi connectivity index (χ3v) is 3.21. The Hall–Kier alpha value is -2.26. The van der Waals surface area contributed by atoms with Crippen molar-refractivity contribution >= 4 is 40.4 Å². The highest BCUT2D eigenvalue weighted by molar-refractivity contribution is 5.98. The molecule has 0 saturated heterocycles. The van der Waals surface area contributed by atoms with Crippen LogP contribution in [0.4, 0.5) is 17.1 Å². The van der Waals surface area contributed by atoms with Gasteiger partial charge in [0, 0.05) is 11.1 Å². The van der Waals surface area contributed by atoms with E-state index in [4.69, 9.17) is 5.73 Å². The smallest absolute Gasteiger partial charge is 0.0746 e. The van der Waals surface area contributed by atoms with Crippen molar-refractivity contribution < 1.29 is 0 Å². The van der Waals surface area contributed by atoms with E-state index in [0.717, 1.165) is 22.3 Å². The Kier molecular flexibility index (Phi) is 4.11. The zero-order valence-electron chi connectivity index (χ0n) is 11.1. The minimum absolute atomic E-state index is 0. The SMILES string of the molecule is Cc1ccccc1Nc1c(N)cnc2ccccc12.Cl. The molecule has 102 valence electrons. The highest BCUT2D eigenvalue weighted by Gasteiger charge is 2.07. The van der Waals surface area contributed by atoms with Crippen LogP contribution in [0.15, 0.2) is 54.7 Å². The van der Waals surface area contributed by atoms with Gasteiger partial charge in [0.1, 0.15) is 0 Å². The van der Waals surface area contributed by atoms with Gasteiger partial charge in [-0.2, -0.15) is 0 Å². The van der Waals surface area contributed by atoms with Crippen molar-refractivity contribution in [1.29, 1.82) is 0 Å². The number of nitrogens with zero attached hydrogens (tertiary/aromatic N) is 1. The standard InChI is InChI=1S/C16H15N3.ClH/c1-11-6-2-4-8-14(11)19-16-12-7-3-5-9-15(12)18-10-13(16)17;/h2-10H,17H2,1H3,(H,18,19);1H. The van der Waals surface area contributed by atoms with Crippen LogP contribution in [0.1, 0.15) is 5.56 Å². The summed E-state index contributed by atoms with van der Waals surface area (Å²) < 4.78 is 0. The Morgan fingerprint density at radius 2 is 1.70 bits per heavy atom. The first-order chi connectivity index (χ1) is 9.25. The van der Waals surface area contributed by atoms with Crippen molar-refractivity contribution in [3.05, 3.63) is 60.3 Å². The van der Waals surface area contributed by atoms with Crippen molar-refractivity contribution in [2.75, 3.05) is 11.1 Å². The zero-order valence-corrected chi connectivity index (χ0v) is 11.9. The summed E-state index contributed by atoms with van der Waals surface area (Å²) in [5.74, 6) is 0. The summed E-state index contributed by atoms with van der Waals surface area (Å²) in [5, 5.41) is 4.45. The third-order valence-electron chi connectivity index (χ3n) is 3.21. The number of nitrogen functional groups attached to an aromatic ring is 1. The van der Waals surface area contributed by atoms with Gasteiger partial charge in [-0.15, -0.1) is 12.4 Å². The van der Waals surface area contributed by atoms with Gasteiger partial charge in [0.25, 0.3) is 0 Å². The highest BCUT2D eigenvalue weighted by atomic mass is 35.5. The predicted octanol–water partition coefficient (Wildman–Crippen LogP) is 4.29. The second-order valence-electron chi connectivity index (χ2n) is 4.55. The van der Waals surface area contributed by atoms with Crippen molar-refractivity contribution in [2.45, 2.75) is 6.92 Å². The lowest BCUT2D eigenvalue weighted by molar-refractivity contribution is 1.39. The molecule has 3 aromatic rings. The first kappa shape index (κ1) is 14.2. The van der Waals surface area contributed by atoms with Crippen LogP contribution in [0.5, 0.6) is 0 Å². The first-order valence-electron chi connectivity index (χ1n) is 6.21. The molecule has 0 amide bonds. The van der Waals surface area contributed by atoms with E-state index in [-0.39, 0.29) is 12.4 Å². The van der Waals surface area contributed by atoms with Crippen molar-refractivity contribution in [3.8, 4) is 0 Å². The van der Waals surface area contributed by atoms with Gasteiger partial charge in [0.15, 0.2) is 0 Å². The van der Waals surface area contributed by atoms with Crippen molar-refractivity contribution in [1.82, 2.24) is 4.98 Å². The summed E-state index contributed by atoms with van der Waals surface area (Å²) in [6.45, 7) is 2.07. The molecular formula is C16H16ClN3. The number of aryl methyl sites for hydroxylation is 1. The van der Waals surface area contributed by atoms with Gasteiger partial charge < -0.3 is 11.1 Å². The number of hydrogen-bond donors (Lipinski definition) is 2. The summed E-state index contributed by atoms with van der Waals surface area (Å²) in [6, 6.07) is 16.1. The largest absolute Gasteiger partial charge is 0.396 e. The van der Waals surface area contributed by atoms with Gasteiger partial charge >= 0.3 is 0 Å². The summed E-state index contributed by atoms with van der Waals surface area (Å²) in [5.41, 5.74) is 10.8. The molecule has 20 heavy (non-hydrogen) atoms. The average molecular weight is 286 g/mol. The van der Waals surface area contributed by atoms with Crippen LogP contribution in [0, 0.1) is 6.92 Å². The van der Waals surface area contributed by atoms with E-state index >= 15 is 0 Å². The molecule has 0 unspecified atom stereocenters. The maximum atomic E-state index is 6.06. The molecule has 0 aliphatic carbocycles. The summed E-state index contributed by atoms with van der Waals surface area (Å²) in [4.78, 5) is 4.34. The molecule has 3 N–H and O–H groups in total. The van der Waals surface area contributed by atoms with Gasteiger partial charge in [0.05, 0.1) is 23.1 Å². The number of benzene rings is 2. The van der Waals surface area contributed by atoms with E-state index in [1.165, 1.54) is 5.56 Å². The third kappa shape index (κ3) is 2.53. The molecule has 0 saturated carbocycles. The molecule has 1 heterocycles. The lowest BCUT2D eigenvalue weighted by Crippen LogP contribution is -1.99. The number of rotatable bonds is 2. The van der Waals surface area contributed by atoms with Crippen molar-refractivity contribution in [3.63, 3.8) is 0 Å². The minimum Gasteiger partial charge on any atom is -0.396 e. The quantitative estimate of drug-likeness (QED) is 0.738. The lowest BCUT2D eigenvalue weighted by atomic mass is 10.1. The summed E-state index contributed by atoms with van der Waals surface area (Å²) in [6.07, 6.45) is 1.70. The molecule has 0 bridgehead atoms. The van der Waals surface area contributed by atoms with Crippen LogP contribution < -0.4 is 11.1 Å². The predicted molar refractivity (Wildman–Crippen MR) is 87.9 cm³/mol. The number of nitrogens with two attached hydrogens (primary N) is 1. The average Bonchev–Trinajstić information content (AvgIpc) is 2.44. The Bertz CT molecular complexity index is 741. The van der Waals surface area contributed by atoms with E-state index < -0.39 is 0 Å². The molecule has 0 aliphatic rings. The number of pyridine rings is 1. The van der Waals surface area contributed by atoms with E-state index in [1.54, 1.807) is 6.20 Å². The molecule has 2 aromatic carbocycles. The monoisotopic (exact) mass is 285 g/mol. The Labute approximate surface area is 124 Å². The highest BCUT2D eigenvalue weighted by Crippen LogP contribution is 2.31. The zero-order chi connectivity index (χ0) is 13.2. The molecule has 0 fully saturated rings. The van der Waals surface area contributed by atoms with E-state index in [2.05, 4.69) is 23.3 Å². The number of halogens is 1. The molecule has 4 heteroatoms. The Morgan fingerprint density at radius 1 is 1.00 bits per heavy atom. The van der Waals surface area contributed by atoms with Crippen molar-refractivity contribution in [2.24, 2.45) is 0 Å². The van der Waals surface area contributed by atoms with Crippen LogP contribution in [-0.2, 0) is 0 Å². The molecule has 0 radical (unpaired) electrons. The maximum absolute atomic E-state index is 6.06. The number of aromatic nitrogens is 1. The normalized spacial score (nSPS) is 10.1. The Balaban J connectivity index is 0.00000147. The molecule has 3 nitrogen and oxygen atoms in total. The second-order valence-corrected chi connectivity index (χ2v) is 4.55. The fourth-order valence-electron chi connectivity index (χ4n) is 2.14. The Morgan fingerprint density at radius 3 is 2.50 bits per heavy atom. The molecule has 3 rings (SSSR count). The number of hydrogen-bond acceptors (Lipinski definition) is 3. The molecule has 0 aliphatic heterocycles. The fourth-order valence-corrected chi connectivity index (χ4v) is 2.14. The maximum Gasteiger partial charge on any atom is 0.0746 e. The first-order valence-corrected chi connectivity index (χ1v) is 6.21. The number of para-hydroxylation sites is 2. The van der Waals surface area contributed by atoms with E-state index in [1.807, 2.05) is 42.5 Å². The lowest BCUT2D eigenvalue weighted by Gasteiger charge is -2.13. The van der Waals surface area contributed by atoms with Gasteiger partial charge in [-0.05, 0) is 24.6 Å². The van der Waals surface area contributed by atoms with Crippen LogP contribution in [-0.4, -0.2) is 4.98 Å². The van der Waals surface area contributed by atoms with Crippen LogP contribution in [0.25, 0.3) is 10.9 Å². The van der Waals surface area contributed by atoms with Gasteiger partial charge in [0.2, 0.25) is 0 Å². The molecule has 0 spiro atoms. The van der Waals surface area contributed by atoms with E-state index in [0.29, 0.717) is 5.69 Å². The van der Waals surface area contributed by atoms with Crippen LogP contribution in [0.2, 0.25) is 0 Å². The molecular weight excluding hydrogens is 270 g/mol. The topological polar surface area (TPSA) is 50.9 Å². The number of nitrogens with one attached hydrogen (secondary N) is 1. The number of fused-ring (bicyclic) bond motifs is 1. The molecule has 0 atom stereocenters. The van der Waals surface area contributed by atoms with Gasteiger partial charge in [-0.25, -0.2) is 0 Å². The summed E-state index contributed by atoms with van der Waals surface area (Å²) >= 11 is 0. The van der Waals surface area contributed by atoms with Crippen LogP contribution >= 0.6 is 12.4 Å². The van der Waals surface area contributed by atoms with Gasteiger partial charge in [-0.1, -0.05) is 36.4 Å². The van der Waals surface area contributed by atoms with Gasteiger partial charge in [-0.3, -0.25) is 4.98 Å². The fraction of sp³-hybridized carbons (Fsp3) is 0.0625. The minimum atomic E-state index is 0.